The summed E-state index contributed by atoms with van der Waals surface area (Å²) >= 11 is 3.36. The smallest absolute Gasteiger partial charge is 0.311 e. The molecule has 0 amide bonds. The van der Waals surface area contributed by atoms with E-state index in [1.165, 1.54) is 0 Å². The lowest BCUT2D eigenvalue weighted by atomic mass is 9.95. The third kappa shape index (κ3) is 4.30. The highest BCUT2D eigenvalue weighted by Gasteiger charge is 2.21. The summed E-state index contributed by atoms with van der Waals surface area (Å²) in [5.41, 5.74) is 0.865. The van der Waals surface area contributed by atoms with Gasteiger partial charge in [-0.1, -0.05) is 28.1 Å². The van der Waals surface area contributed by atoms with Crippen LogP contribution in [0.3, 0.4) is 0 Å². The van der Waals surface area contributed by atoms with E-state index in [1.54, 1.807) is 0 Å². The van der Waals surface area contributed by atoms with Gasteiger partial charge in [-0.2, -0.15) is 0 Å². The van der Waals surface area contributed by atoms with Crippen molar-refractivity contribution in [3.63, 3.8) is 0 Å². The Labute approximate surface area is 121 Å². The van der Waals surface area contributed by atoms with Gasteiger partial charge in [0.25, 0.3) is 0 Å². The van der Waals surface area contributed by atoms with Crippen molar-refractivity contribution in [1.29, 1.82) is 0 Å². The van der Waals surface area contributed by atoms with E-state index in [-0.39, 0.29) is 0 Å². The average Bonchev–Trinajstić information content (AvgIpc) is 2.42. The van der Waals surface area contributed by atoms with Crippen LogP contribution in [0.1, 0.15) is 17.9 Å². The highest BCUT2D eigenvalue weighted by Crippen LogP contribution is 2.22. The second kappa shape index (κ2) is 7.03. The predicted octanol–water partition coefficient (Wildman–Crippen LogP) is 2.34. The largest absolute Gasteiger partial charge is 0.481 e. The highest BCUT2D eigenvalue weighted by molar-refractivity contribution is 9.10. The normalized spacial score (nSPS) is 18.2. The maximum atomic E-state index is 11.4. The topological polar surface area (TPSA) is 49.8 Å². The van der Waals surface area contributed by atoms with Gasteiger partial charge in [0, 0.05) is 17.6 Å². The third-order valence-electron chi connectivity index (χ3n) is 3.41. The van der Waals surface area contributed by atoms with Crippen LogP contribution in [0.5, 0.6) is 0 Å². The molecule has 1 fully saturated rings. The molecule has 5 heteroatoms. The zero-order valence-corrected chi connectivity index (χ0v) is 12.3. The molecule has 1 aliphatic heterocycles. The number of carboxylic acid groups (broad SMARTS) is 1. The average molecular weight is 328 g/mol. The van der Waals surface area contributed by atoms with Crippen LogP contribution < -0.4 is 0 Å². The lowest BCUT2D eigenvalue weighted by Gasteiger charge is -2.27. The van der Waals surface area contributed by atoms with Crippen molar-refractivity contribution in [2.45, 2.75) is 12.3 Å². The number of ether oxygens (including phenoxy) is 1. The van der Waals surface area contributed by atoms with Crippen molar-refractivity contribution in [3.8, 4) is 0 Å². The number of benzene rings is 1. The first-order valence-electron chi connectivity index (χ1n) is 6.45. The minimum atomic E-state index is -0.754. The summed E-state index contributed by atoms with van der Waals surface area (Å²) in [7, 11) is 0. The van der Waals surface area contributed by atoms with Gasteiger partial charge in [0.1, 0.15) is 0 Å². The molecule has 4 nitrogen and oxygen atoms in total. The van der Waals surface area contributed by atoms with Crippen molar-refractivity contribution < 1.29 is 14.6 Å². The molecule has 0 aromatic heterocycles. The van der Waals surface area contributed by atoms with Gasteiger partial charge in [0.05, 0.1) is 19.1 Å². The second-order valence-electron chi connectivity index (χ2n) is 4.69. The Balaban J connectivity index is 1.96. The van der Waals surface area contributed by atoms with E-state index in [0.717, 1.165) is 42.9 Å². The molecule has 1 atom stereocenters. The third-order valence-corrected chi connectivity index (χ3v) is 3.94. The van der Waals surface area contributed by atoms with Crippen molar-refractivity contribution in [1.82, 2.24) is 4.90 Å². The first kappa shape index (κ1) is 14.5. The van der Waals surface area contributed by atoms with Crippen LogP contribution in [-0.4, -0.2) is 48.8 Å². The van der Waals surface area contributed by atoms with Gasteiger partial charge >= 0.3 is 5.97 Å². The number of rotatable bonds is 5. The molecule has 1 aromatic carbocycles. The van der Waals surface area contributed by atoms with Crippen molar-refractivity contribution in [2.75, 3.05) is 32.8 Å². The molecule has 0 saturated carbocycles. The second-order valence-corrected chi connectivity index (χ2v) is 5.60. The maximum Gasteiger partial charge on any atom is 0.311 e. The molecule has 1 saturated heterocycles. The summed E-state index contributed by atoms with van der Waals surface area (Å²) in [6, 6.07) is 7.53. The summed E-state index contributed by atoms with van der Waals surface area (Å²) in [6.45, 7) is 4.09. The number of hydrogen-bond donors (Lipinski definition) is 1. The zero-order valence-electron chi connectivity index (χ0n) is 10.7. The monoisotopic (exact) mass is 327 g/mol. The number of morpholine rings is 1. The summed E-state index contributed by atoms with van der Waals surface area (Å²) < 4.78 is 6.25. The summed E-state index contributed by atoms with van der Waals surface area (Å²) in [5, 5.41) is 9.37. The van der Waals surface area contributed by atoms with Crippen molar-refractivity contribution in [2.24, 2.45) is 0 Å². The molecule has 0 bridgehead atoms. The van der Waals surface area contributed by atoms with E-state index in [1.807, 2.05) is 24.3 Å². The van der Waals surface area contributed by atoms with E-state index in [9.17, 15) is 9.90 Å². The number of carbonyl (C=O) groups is 1. The molecule has 0 spiro atoms. The minimum absolute atomic E-state index is 0.434. The zero-order chi connectivity index (χ0) is 13.7. The van der Waals surface area contributed by atoms with Gasteiger partial charge in [-0.3, -0.25) is 9.69 Å². The highest BCUT2D eigenvalue weighted by atomic mass is 79.9. The lowest BCUT2D eigenvalue weighted by Crippen LogP contribution is -2.37. The van der Waals surface area contributed by atoms with Gasteiger partial charge in [-0.15, -0.1) is 0 Å². The first-order chi connectivity index (χ1) is 9.16. The molecule has 19 heavy (non-hydrogen) atoms. The Bertz CT molecular complexity index is 415. The standard InChI is InChI=1S/C14H18BrNO3/c15-12-3-1-11(2-4-12)13(14(17)18)5-6-16-7-9-19-10-8-16/h1-4,13H,5-10H2,(H,17,18). The molecule has 1 heterocycles. The molecular formula is C14H18BrNO3. The molecule has 0 aliphatic carbocycles. The molecule has 1 aliphatic rings. The fourth-order valence-electron chi connectivity index (χ4n) is 2.26. The molecule has 1 unspecified atom stereocenters. The Hall–Kier alpha value is -0.910. The molecular weight excluding hydrogens is 310 g/mol. The van der Waals surface area contributed by atoms with E-state index in [0.29, 0.717) is 6.42 Å². The quantitative estimate of drug-likeness (QED) is 0.901. The molecule has 0 radical (unpaired) electrons. The summed E-state index contributed by atoms with van der Waals surface area (Å²) in [6.07, 6.45) is 0.636. The Morgan fingerprint density at radius 2 is 1.95 bits per heavy atom. The fraction of sp³-hybridized carbons (Fsp3) is 0.500. The van der Waals surface area contributed by atoms with Crippen molar-refractivity contribution >= 4 is 21.9 Å². The number of aliphatic carboxylic acids is 1. The van der Waals surface area contributed by atoms with Crippen LogP contribution in [0.15, 0.2) is 28.7 Å². The minimum Gasteiger partial charge on any atom is -0.481 e. The van der Waals surface area contributed by atoms with Crippen LogP contribution in [0.25, 0.3) is 0 Å². The number of carboxylic acids is 1. The van der Waals surface area contributed by atoms with Gasteiger partial charge in [-0.25, -0.2) is 0 Å². The van der Waals surface area contributed by atoms with E-state index < -0.39 is 11.9 Å². The van der Waals surface area contributed by atoms with Gasteiger partial charge in [-0.05, 0) is 30.7 Å². The fourth-order valence-corrected chi connectivity index (χ4v) is 2.53. The number of halogens is 1. The molecule has 104 valence electrons. The van der Waals surface area contributed by atoms with Crippen LogP contribution in [0.2, 0.25) is 0 Å². The number of nitrogens with zero attached hydrogens (tertiary/aromatic N) is 1. The Morgan fingerprint density at radius 3 is 2.53 bits per heavy atom. The van der Waals surface area contributed by atoms with E-state index in [2.05, 4.69) is 20.8 Å². The summed E-state index contributed by atoms with van der Waals surface area (Å²) in [5.74, 6) is -1.19. The van der Waals surface area contributed by atoms with Crippen molar-refractivity contribution in [3.05, 3.63) is 34.3 Å². The van der Waals surface area contributed by atoms with E-state index >= 15 is 0 Å². The molecule has 1 aromatic rings. The van der Waals surface area contributed by atoms with Gasteiger partial charge in [0.15, 0.2) is 0 Å². The SMILES string of the molecule is O=C(O)C(CCN1CCOCC1)c1ccc(Br)cc1. The maximum absolute atomic E-state index is 11.4. The summed E-state index contributed by atoms with van der Waals surface area (Å²) in [4.78, 5) is 13.7. The molecule has 2 rings (SSSR count). The van der Waals surface area contributed by atoms with Crippen LogP contribution in [0, 0.1) is 0 Å². The first-order valence-corrected chi connectivity index (χ1v) is 7.24. The Morgan fingerprint density at radius 1 is 1.32 bits per heavy atom. The van der Waals surface area contributed by atoms with Gasteiger partial charge in [0.2, 0.25) is 0 Å². The predicted molar refractivity (Wildman–Crippen MR) is 76.4 cm³/mol. The van der Waals surface area contributed by atoms with Crippen LogP contribution >= 0.6 is 15.9 Å². The van der Waals surface area contributed by atoms with E-state index in [4.69, 9.17) is 4.74 Å². The Kier molecular flexibility index (Phi) is 5.36. The molecule has 1 N–H and O–H groups in total. The van der Waals surface area contributed by atoms with Crippen LogP contribution in [0.4, 0.5) is 0 Å². The number of hydrogen-bond acceptors (Lipinski definition) is 3. The lowest BCUT2D eigenvalue weighted by molar-refractivity contribution is -0.139. The van der Waals surface area contributed by atoms with Crippen LogP contribution in [-0.2, 0) is 9.53 Å². The van der Waals surface area contributed by atoms with Gasteiger partial charge < -0.3 is 9.84 Å².